The van der Waals surface area contributed by atoms with E-state index in [2.05, 4.69) is 0 Å². The van der Waals surface area contributed by atoms with Crippen molar-refractivity contribution < 1.29 is 32.6 Å². The van der Waals surface area contributed by atoms with Crippen LogP contribution in [0.3, 0.4) is 0 Å². The van der Waals surface area contributed by atoms with Crippen molar-refractivity contribution >= 4 is 27.6 Å². The third kappa shape index (κ3) is 8.65. The fourth-order valence-corrected chi connectivity index (χ4v) is 2.34. The van der Waals surface area contributed by atoms with E-state index in [-0.39, 0.29) is 18.9 Å². The number of ketones is 1. The first kappa shape index (κ1) is 21.5. The van der Waals surface area contributed by atoms with Crippen LogP contribution in [0.4, 0.5) is 0 Å². The monoisotopic (exact) mass is 351 g/mol. The molecule has 0 heterocycles. The first-order valence-corrected chi connectivity index (χ1v) is 8.78. The van der Waals surface area contributed by atoms with Crippen LogP contribution in [0.1, 0.15) is 27.7 Å². The average Bonchev–Trinajstić information content (AvgIpc) is 2.32. The molecule has 1 atom stereocenters. The molecule has 0 aliphatic carbocycles. The van der Waals surface area contributed by atoms with E-state index in [0.717, 1.165) is 0 Å². The highest BCUT2D eigenvalue weighted by Gasteiger charge is 2.26. The van der Waals surface area contributed by atoms with E-state index < -0.39 is 44.8 Å². The van der Waals surface area contributed by atoms with Crippen LogP contribution < -0.4 is 0 Å². The van der Waals surface area contributed by atoms with Crippen LogP contribution in [0.15, 0.2) is 0 Å². The number of carbonyl (C=O) groups is 3. The van der Waals surface area contributed by atoms with Gasteiger partial charge in [0.15, 0.2) is 15.6 Å². The van der Waals surface area contributed by atoms with E-state index in [1.54, 1.807) is 27.8 Å². The molecule has 0 saturated carbocycles. The Bertz CT molecular complexity index is 548. The average molecular weight is 351 g/mol. The lowest BCUT2D eigenvalue weighted by molar-refractivity contribution is -0.145. The third-order valence-corrected chi connectivity index (χ3v) is 5.08. The SMILES string of the molecule is CC(COC(=O)CN(C)CC(=O)C(C)(C)C)S(=O)(=O)CC(=O)O. The molecule has 0 bridgehead atoms. The summed E-state index contributed by atoms with van der Waals surface area (Å²) in [4.78, 5) is 35.4. The Labute approximate surface area is 136 Å². The summed E-state index contributed by atoms with van der Waals surface area (Å²) in [6.07, 6.45) is 0. The van der Waals surface area contributed by atoms with Crippen LogP contribution in [-0.2, 0) is 29.0 Å². The number of carboxylic acid groups (broad SMARTS) is 1. The van der Waals surface area contributed by atoms with Gasteiger partial charge in [0.05, 0.1) is 18.3 Å². The van der Waals surface area contributed by atoms with Gasteiger partial charge in [-0.3, -0.25) is 19.3 Å². The second-order valence-corrected chi connectivity index (χ2v) is 8.96. The van der Waals surface area contributed by atoms with Crippen LogP contribution in [-0.4, -0.2) is 73.9 Å². The summed E-state index contributed by atoms with van der Waals surface area (Å²) in [5.74, 6) is -3.17. The minimum atomic E-state index is -3.87. The quantitative estimate of drug-likeness (QED) is 0.575. The van der Waals surface area contributed by atoms with Crippen molar-refractivity contribution in [1.82, 2.24) is 4.90 Å². The smallest absolute Gasteiger partial charge is 0.320 e. The maximum absolute atomic E-state index is 11.8. The molecule has 0 fully saturated rings. The Hall–Kier alpha value is -1.48. The van der Waals surface area contributed by atoms with Crippen molar-refractivity contribution in [3.63, 3.8) is 0 Å². The highest BCUT2D eigenvalue weighted by Crippen LogP contribution is 2.14. The minimum absolute atomic E-state index is 0.0368. The molecule has 8 nitrogen and oxygen atoms in total. The molecule has 1 unspecified atom stereocenters. The summed E-state index contributed by atoms with van der Waals surface area (Å²) in [5.41, 5.74) is -0.516. The molecule has 0 amide bonds. The first-order chi connectivity index (χ1) is 10.3. The zero-order valence-corrected chi connectivity index (χ0v) is 15.0. The van der Waals surface area contributed by atoms with E-state index in [0.29, 0.717) is 0 Å². The number of Topliss-reactive ketones (excluding diaryl/α,β-unsaturated/α-hetero) is 1. The fourth-order valence-electron chi connectivity index (χ4n) is 1.43. The molecule has 0 rings (SSSR count). The topological polar surface area (TPSA) is 118 Å². The highest BCUT2D eigenvalue weighted by molar-refractivity contribution is 7.92. The number of ether oxygens (including phenoxy) is 1. The molecule has 1 N–H and O–H groups in total. The van der Waals surface area contributed by atoms with Gasteiger partial charge in [0.25, 0.3) is 0 Å². The Balaban J connectivity index is 4.36. The lowest BCUT2D eigenvalue weighted by Crippen LogP contribution is -2.37. The lowest BCUT2D eigenvalue weighted by Gasteiger charge is -2.22. The molecular weight excluding hydrogens is 326 g/mol. The second kappa shape index (κ2) is 8.39. The molecule has 0 aliphatic heterocycles. The van der Waals surface area contributed by atoms with E-state index in [1.807, 2.05) is 0 Å². The van der Waals surface area contributed by atoms with Gasteiger partial charge in [-0.15, -0.1) is 0 Å². The van der Waals surface area contributed by atoms with Gasteiger partial charge in [0, 0.05) is 5.41 Å². The van der Waals surface area contributed by atoms with Gasteiger partial charge in [-0.2, -0.15) is 0 Å². The van der Waals surface area contributed by atoms with E-state index in [1.165, 1.54) is 11.8 Å². The van der Waals surface area contributed by atoms with Crippen LogP contribution in [0.2, 0.25) is 0 Å². The number of carboxylic acids is 1. The van der Waals surface area contributed by atoms with Crippen LogP contribution >= 0.6 is 0 Å². The molecule has 23 heavy (non-hydrogen) atoms. The van der Waals surface area contributed by atoms with Crippen molar-refractivity contribution in [2.24, 2.45) is 5.41 Å². The van der Waals surface area contributed by atoms with Crippen molar-refractivity contribution in [3.8, 4) is 0 Å². The summed E-state index contributed by atoms with van der Waals surface area (Å²) in [6.45, 7) is 6.09. The molecule has 9 heteroatoms. The molecule has 0 aliphatic rings. The van der Waals surface area contributed by atoms with E-state index in [9.17, 15) is 22.8 Å². The summed E-state index contributed by atoms with van der Waals surface area (Å²) < 4.78 is 28.1. The van der Waals surface area contributed by atoms with E-state index in [4.69, 9.17) is 9.84 Å². The molecule has 0 spiro atoms. The Morgan fingerprint density at radius 2 is 1.70 bits per heavy atom. The number of nitrogens with zero attached hydrogens (tertiary/aromatic N) is 1. The van der Waals surface area contributed by atoms with Gasteiger partial charge >= 0.3 is 11.9 Å². The predicted molar refractivity (Wildman–Crippen MR) is 83.8 cm³/mol. The Morgan fingerprint density at radius 3 is 2.13 bits per heavy atom. The number of likely N-dealkylation sites (N-methyl/N-ethyl adjacent to an activating group) is 1. The van der Waals surface area contributed by atoms with Gasteiger partial charge < -0.3 is 9.84 Å². The van der Waals surface area contributed by atoms with Gasteiger partial charge in [-0.05, 0) is 14.0 Å². The number of carbonyl (C=O) groups excluding carboxylic acids is 2. The number of rotatable bonds is 9. The number of sulfone groups is 1. The molecular formula is C14H25NO7S. The lowest BCUT2D eigenvalue weighted by atomic mass is 9.90. The second-order valence-electron chi connectivity index (χ2n) is 6.54. The molecule has 134 valence electrons. The highest BCUT2D eigenvalue weighted by atomic mass is 32.2. The van der Waals surface area contributed by atoms with Crippen LogP contribution in [0.5, 0.6) is 0 Å². The van der Waals surface area contributed by atoms with Crippen molar-refractivity contribution in [1.29, 1.82) is 0 Å². The summed E-state index contributed by atoms with van der Waals surface area (Å²) in [7, 11) is -2.29. The number of hydrogen-bond acceptors (Lipinski definition) is 7. The van der Waals surface area contributed by atoms with Crippen molar-refractivity contribution in [2.75, 3.05) is 32.5 Å². The Kier molecular flexibility index (Phi) is 7.85. The molecule has 0 radical (unpaired) electrons. The van der Waals surface area contributed by atoms with Crippen LogP contribution in [0.25, 0.3) is 0 Å². The Morgan fingerprint density at radius 1 is 1.17 bits per heavy atom. The zero-order chi connectivity index (χ0) is 18.4. The maximum atomic E-state index is 11.8. The summed E-state index contributed by atoms with van der Waals surface area (Å²) in [5, 5.41) is 7.41. The van der Waals surface area contributed by atoms with Gasteiger partial charge in [-0.1, -0.05) is 20.8 Å². The van der Waals surface area contributed by atoms with E-state index >= 15 is 0 Å². The van der Waals surface area contributed by atoms with Gasteiger partial charge in [-0.25, -0.2) is 8.42 Å². The predicted octanol–water partition coefficient (Wildman–Crippen LogP) is -0.0355. The molecule has 0 aromatic rings. The van der Waals surface area contributed by atoms with Crippen LogP contribution in [0, 0.1) is 5.41 Å². The van der Waals surface area contributed by atoms with Gasteiger partial charge in [0.2, 0.25) is 0 Å². The first-order valence-electron chi connectivity index (χ1n) is 7.06. The zero-order valence-electron chi connectivity index (χ0n) is 14.2. The van der Waals surface area contributed by atoms with Crippen molar-refractivity contribution in [3.05, 3.63) is 0 Å². The summed E-state index contributed by atoms with van der Waals surface area (Å²) in [6, 6.07) is 0. The number of hydrogen-bond donors (Lipinski definition) is 1. The normalized spacial score (nSPS) is 13.7. The number of esters is 1. The summed E-state index contributed by atoms with van der Waals surface area (Å²) >= 11 is 0. The van der Waals surface area contributed by atoms with Gasteiger partial charge in [0.1, 0.15) is 12.4 Å². The third-order valence-electron chi connectivity index (χ3n) is 3.07. The maximum Gasteiger partial charge on any atom is 0.320 e. The molecule has 0 aromatic carbocycles. The van der Waals surface area contributed by atoms with Crippen molar-refractivity contribution in [2.45, 2.75) is 32.9 Å². The largest absolute Gasteiger partial charge is 0.480 e. The fraction of sp³-hybridized carbons (Fsp3) is 0.786. The minimum Gasteiger partial charge on any atom is -0.480 e. The standard InChI is InChI=1S/C14H25NO7S/c1-10(23(20,21)9-12(17)18)8-22-13(19)7-15(5)6-11(16)14(2,3)4/h10H,6-9H2,1-5H3,(H,17,18). The molecule has 0 aromatic heterocycles. The number of aliphatic carboxylic acids is 1. The molecule has 0 saturated heterocycles.